The lowest BCUT2D eigenvalue weighted by Gasteiger charge is -2.13. The Hall–Kier alpha value is -1.76. The largest absolute Gasteiger partial charge is 0.383 e. The third kappa shape index (κ3) is 4.35. The van der Waals surface area contributed by atoms with Crippen molar-refractivity contribution in [2.45, 2.75) is 39.2 Å². The molecule has 0 aliphatic heterocycles. The number of anilines is 2. The van der Waals surface area contributed by atoms with Crippen molar-refractivity contribution in [1.29, 1.82) is 0 Å². The van der Waals surface area contributed by atoms with Crippen molar-refractivity contribution in [3.05, 3.63) is 20.8 Å². The number of ether oxygens (including phenoxy) is 1. The molecule has 4 N–H and O–H groups in total. The molecule has 0 radical (unpaired) electrons. The zero-order chi connectivity index (χ0) is 15.2. The number of nitrogen functional groups attached to an aromatic ring is 1. The molecule has 1 aromatic rings. The molecule has 1 aliphatic rings. The smallest absolute Gasteiger partial charge is 0.330 e. The van der Waals surface area contributed by atoms with E-state index in [9.17, 15) is 9.59 Å². The van der Waals surface area contributed by atoms with Gasteiger partial charge in [0.2, 0.25) is 0 Å². The third-order valence-corrected chi connectivity index (χ3v) is 3.50. The Morgan fingerprint density at radius 1 is 1.43 bits per heavy atom. The van der Waals surface area contributed by atoms with Crippen molar-refractivity contribution in [2.75, 3.05) is 30.8 Å². The molecule has 0 saturated heterocycles. The lowest BCUT2D eigenvalue weighted by Crippen LogP contribution is -2.34. The Morgan fingerprint density at radius 2 is 2.19 bits per heavy atom. The summed E-state index contributed by atoms with van der Waals surface area (Å²) >= 11 is 0. The van der Waals surface area contributed by atoms with Crippen molar-refractivity contribution in [2.24, 2.45) is 5.92 Å². The summed E-state index contributed by atoms with van der Waals surface area (Å²) in [5.74, 6) is 0.957. The molecular formula is C14H24N4O3. The average Bonchev–Trinajstić information content (AvgIpc) is 3.25. The number of nitrogens with zero attached hydrogens (tertiary/aromatic N) is 1. The van der Waals surface area contributed by atoms with Gasteiger partial charge in [-0.15, -0.1) is 0 Å². The molecule has 2 rings (SSSR count). The van der Waals surface area contributed by atoms with Crippen LogP contribution in [-0.4, -0.2) is 29.3 Å². The van der Waals surface area contributed by atoms with Gasteiger partial charge in [-0.3, -0.25) is 14.3 Å². The van der Waals surface area contributed by atoms with E-state index in [1.807, 2.05) is 6.92 Å². The van der Waals surface area contributed by atoms with Gasteiger partial charge in [-0.2, -0.15) is 0 Å². The van der Waals surface area contributed by atoms with Gasteiger partial charge >= 0.3 is 5.69 Å². The summed E-state index contributed by atoms with van der Waals surface area (Å²) in [5, 5.41) is 3.00. The molecule has 1 heterocycles. The summed E-state index contributed by atoms with van der Waals surface area (Å²) in [6, 6.07) is 0. The molecule has 7 nitrogen and oxygen atoms in total. The standard InChI is InChI=1S/C14H24N4O3/c1-2-7-18-12(15)11(13(19)17-14(18)20)16-6-3-8-21-9-10-4-5-10/h10,16H,2-9,15H2,1H3,(H,17,19,20). The topological polar surface area (TPSA) is 102 Å². The zero-order valence-corrected chi connectivity index (χ0v) is 12.5. The maximum absolute atomic E-state index is 11.8. The van der Waals surface area contributed by atoms with E-state index in [1.54, 1.807) is 0 Å². The van der Waals surface area contributed by atoms with E-state index in [-0.39, 0.29) is 11.5 Å². The van der Waals surface area contributed by atoms with Gasteiger partial charge in [0, 0.05) is 26.3 Å². The second-order valence-electron chi connectivity index (χ2n) is 5.47. The van der Waals surface area contributed by atoms with Gasteiger partial charge < -0.3 is 15.8 Å². The second-order valence-corrected chi connectivity index (χ2v) is 5.47. The van der Waals surface area contributed by atoms with Gasteiger partial charge in [0.15, 0.2) is 0 Å². The van der Waals surface area contributed by atoms with E-state index in [0.717, 1.165) is 25.4 Å². The van der Waals surface area contributed by atoms with Crippen LogP contribution in [0.2, 0.25) is 0 Å². The molecule has 7 heteroatoms. The minimum atomic E-state index is -0.469. The fourth-order valence-electron chi connectivity index (χ4n) is 2.13. The molecule has 0 atom stereocenters. The van der Waals surface area contributed by atoms with E-state index in [0.29, 0.717) is 19.7 Å². The van der Waals surface area contributed by atoms with E-state index in [4.69, 9.17) is 10.5 Å². The molecule has 0 amide bonds. The number of hydrogen-bond donors (Lipinski definition) is 3. The first kappa shape index (κ1) is 15.6. The van der Waals surface area contributed by atoms with Crippen molar-refractivity contribution < 1.29 is 4.74 Å². The van der Waals surface area contributed by atoms with Crippen LogP contribution in [0, 0.1) is 5.92 Å². The first-order valence-corrected chi connectivity index (χ1v) is 7.57. The van der Waals surface area contributed by atoms with Gasteiger partial charge in [0.1, 0.15) is 11.5 Å². The van der Waals surface area contributed by atoms with Crippen molar-refractivity contribution in [1.82, 2.24) is 9.55 Å². The molecule has 1 saturated carbocycles. The molecule has 1 aromatic heterocycles. The SMILES string of the molecule is CCCn1c(N)c(NCCCOCC2CC2)c(=O)[nH]c1=O. The van der Waals surface area contributed by atoms with Crippen LogP contribution < -0.4 is 22.3 Å². The average molecular weight is 296 g/mol. The fraction of sp³-hybridized carbons (Fsp3) is 0.714. The highest BCUT2D eigenvalue weighted by Crippen LogP contribution is 2.28. The molecule has 0 aromatic carbocycles. The number of nitrogens with one attached hydrogen (secondary N) is 2. The van der Waals surface area contributed by atoms with E-state index < -0.39 is 11.2 Å². The number of nitrogens with two attached hydrogens (primary N) is 1. The second kappa shape index (κ2) is 7.31. The first-order valence-electron chi connectivity index (χ1n) is 7.57. The minimum absolute atomic E-state index is 0.199. The van der Waals surface area contributed by atoms with E-state index in [2.05, 4.69) is 10.3 Å². The maximum atomic E-state index is 11.8. The summed E-state index contributed by atoms with van der Waals surface area (Å²) in [7, 11) is 0. The quantitative estimate of drug-likeness (QED) is 0.584. The monoisotopic (exact) mass is 296 g/mol. The van der Waals surface area contributed by atoms with Crippen LogP contribution >= 0.6 is 0 Å². The summed E-state index contributed by atoms with van der Waals surface area (Å²) in [6.45, 7) is 4.52. The van der Waals surface area contributed by atoms with Crippen LogP contribution in [-0.2, 0) is 11.3 Å². The highest BCUT2D eigenvalue weighted by atomic mass is 16.5. The lowest BCUT2D eigenvalue weighted by molar-refractivity contribution is 0.124. The first-order chi connectivity index (χ1) is 10.1. The molecule has 118 valence electrons. The zero-order valence-electron chi connectivity index (χ0n) is 12.5. The fourth-order valence-corrected chi connectivity index (χ4v) is 2.13. The van der Waals surface area contributed by atoms with Crippen LogP contribution in [0.5, 0.6) is 0 Å². The van der Waals surface area contributed by atoms with Gasteiger partial charge in [-0.1, -0.05) is 6.92 Å². The molecular weight excluding hydrogens is 272 g/mol. The van der Waals surface area contributed by atoms with E-state index >= 15 is 0 Å². The van der Waals surface area contributed by atoms with Crippen molar-refractivity contribution in [3.8, 4) is 0 Å². The van der Waals surface area contributed by atoms with Gasteiger partial charge in [-0.25, -0.2) is 4.79 Å². The predicted molar refractivity (Wildman–Crippen MR) is 82.7 cm³/mol. The van der Waals surface area contributed by atoms with Crippen LogP contribution in [0.15, 0.2) is 9.59 Å². The molecule has 21 heavy (non-hydrogen) atoms. The van der Waals surface area contributed by atoms with Crippen LogP contribution in [0.1, 0.15) is 32.6 Å². The maximum Gasteiger partial charge on any atom is 0.330 e. The Morgan fingerprint density at radius 3 is 2.86 bits per heavy atom. The highest BCUT2D eigenvalue weighted by molar-refractivity contribution is 5.60. The summed E-state index contributed by atoms with van der Waals surface area (Å²) in [5.41, 5.74) is 5.25. The Balaban J connectivity index is 1.87. The number of hydrogen-bond acceptors (Lipinski definition) is 5. The number of H-pyrrole nitrogens is 1. The predicted octanol–water partition coefficient (Wildman–Crippen LogP) is 0.757. The normalized spacial score (nSPS) is 14.3. The molecule has 1 fully saturated rings. The van der Waals surface area contributed by atoms with Gasteiger partial charge in [0.25, 0.3) is 5.56 Å². The van der Waals surface area contributed by atoms with Gasteiger partial charge in [0.05, 0.1) is 0 Å². The molecule has 0 unspecified atom stereocenters. The summed E-state index contributed by atoms with van der Waals surface area (Å²) in [4.78, 5) is 25.7. The summed E-state index contributed by atoms with van der Waals surface area (Å²) < 4.78 is 6.91. The number of aromatic nitrogens is 2. The van der Waals surface area contributed by atoms with Crippen LogP contribution in [0.25, 0.3) is 0 Å². The molecule has 0 spiro atoms. The minimum Gasteiger partial charge on any atom is -0.383 e. The molecule has 1 aliphatic carbocycles. The Kier molecular flexibility index (Phi) is 5.44. The van der Waals surface area contributed by atoms with E-state index in [1.165, 1.54) is 17.4 Å². The highest BCUT2D eigenvalue weighted by Gasteiger charge is 2.20. The molecule has 0 bridgehead atoms. The Labute approximate surface area is 123 Å². The van der Waals surface area contributed by atoms with Crippen molar-refractivity contribution >= 4 is 11.5 Å². The Bertz CT molecular complexity index is 575. The number of aromatic amines is 1. The lowest BCUT2D eigenvalue weighted by atomic mass is 10.3. The number of rotatable bonds is 9. The summed E-state index contributed by atoms with van der Waals surface area (Å²) in [6.07, 6.45) is 4.12. The van der Waals surface area contributed by atoms with Gasteiger partial charge in [-0.05, 0) is 31.6 Å². The van der Waals surface area contributed by atoms with Crippen molar-refractivity contribution in [3.63, 3.8) is 0 Å². The van der Waals surface area contributed by atoms with Crippen LogP contribution in [0.4, 0.5) is 11.5 Å². The van der Waals surface area contributed by atoms with Crippen LogP contribution in [0.3, 0.4) is 0 Å². The third-order valence-electron chi connectivity index (χ3n) is 3.50.